The first-order valence-corrected chi connectivity index (χ1v) is 9.26. The van der Waals surface area contributed by atoms with Crippen molar-refractivity contribution in [2.75, 3.05) is 0 Å². The summed E-state index contributed by atoms with van der Waals surface area (Å²) < 4.78 is 0. The number of carbonyl (C=O) groups excluding carboxylic acids is 2. The summed E-state index contributed by atoms with van der Waals surface area (Å²) in [5, 5.41) is 0. The highest BCUT2D eigenvalue weighted by molar-refractivity contribution is 6.02. The van der Waals surface area contributed by atoms with Crippen LogP contribution in [0.1, 0.15) is 59.8 Å². The zero-order valence-electron chi connectivity index (χ0n) is 14.8. The lowest BCUT2D eigenvalue weighted by atomic mass is 9.45. The number of hydrogen-bond acceptors (Lipinski definition) is 2. The lowest BCUT2D eigenvalue weighted by molar-refractivity contribution is -0.132. The lowest BCUT2D eigenvalue weighted by Crippen LogP contribution is -2.52. The SMILES string of the molecule is CC1=CC(=O)C=C2[C@@H](C)C[C@@H]3[C@H](CC[C@]4(C)C(=O)CC[C@@H]34)[C@@]12C. The fraction of sp³-hybridized carbons (Fsp3) is 0.714. The van der Waals surface area contributed by atoms with E-state index in [0.717, 1.165) is 32.1 Å². The highest BCUT2D eigenvalue weighted by Crippen LogP contribution is 2.65. The van der Waals surface area contributed by atoms with Crippen LogP contribution in [0.25, 0.3) is 0 Å². The van der Waals surface area contributed by atoms with Gasteiger partial charge in [0.05, 0.1) is 0 Å². The molecule has 3 fully saturated rings. The Morgan fingerprint density at radius 2 is 1.83 bits per heavy atom. The summed E-state index contributed by atoms with van der Waals surface area (Å²) in [6, 6.07) is 0. The molecule has 6 atom stereocenters. The number of rotatable bonds is 0. The number of Topliss-reactive ketones (excluding diaryl/α,β-unsaturated/α-hetero) is 1. The van der Waals surface area contributed by atoms with Crippen LogP contribution in [-0.2, 0) is 9.59 Å². The van der Waals surface area contributed by atoms with Gasteiger partial charge < -0.3 is 0 Å². The average Bonchev–Trinajstić information content (AvgIpc) is 2.78. The van der Waals surface area contributed by atoms with Crippen molar-refractivity contribution >= 4 is 11.6 Å². The largest absolute Gasteiger partial charge is 0.299 e. The maximum atomic E-state index is 12.5. The minimum absolute atomic E-state index is 0.0310. The molecule has 0 unspecified atom stereocenters. The monoisotopic (exact) mass is 312 g/mol. The van der Waals surface area contributed by atoms with E-state index in [-0.39, 0.29) is 16.6 Å². The minimum atomic E-state index is -0.0689. The van der Waals surface area contributed by atoms with Crippen LogP contribution in [0.2, 0.25) is 0 Å². The van der Waals surface area contributed by atoms with Crippen LogP contribution in [0, 0.1) is 34.5 Å². The van der Waals surface area contributed by atoms with Gasteiger partial charge in [0, 0.05) is 17.3 Å². The Labute approximate surface area is 139 Å². The second-order valence-electron chi connectivity index (χ2n) is 8.96. The zero-order chi connectivity index (χ0) is 16.6. The summed E-state index contributed by atoms with van der Waals surface area (Å²) in [5.74, 6) is 2.90. The topological polar surface area (TPSA) is 34.1 Å². The Kier molecular flexibility index (Phi) is 3.12. The molecule has 0 aliphatic heterocycles. The van der Waals surface area contributed by atoms with E-state index >= 15 is 0 Å². The Hall–Kier alpha value is -1.18. The summed E-state index contributed by atoms with van der Waals surface area (Å²) >= 11 is 0. The van der Waals surface area contributed by atoms with E-state index in [1.165, 1.54) is 11.1 Å². The quantitative estimate of drug-likeness (QED) is 0.660. The molecule has 4 rings (SSSR count). The molecular formula is C21H28O2. The summed E-state index contributed by atoms with van der Waals surface area (Å²) in [6.45, 7) is 9.03. The molecular weight excluding hydrogens is 284 g/mol. The summed E-state index contributed by atoms with van der Waals surface area (Å²) in [6.07, 6.45) is 8.96. The van der Waals surface area contributed by atoms with Gasteiger partial charge >= 0.3 is 0 Å². The third kappa shape index (κ3) is 1.81. The maximum Gasteiger partial charge on any atom is 0.178 e. The van der Waals surface area contributed by atoms with Gasteiger partial charge in [-0.1, -0.05) is 31.9 Å². The fourth-order valence-electron chi connectivity index (χ4n) is 6.74. The zero-order valence-corrected chi connectivity index (χ0v) is 14.8. The Morgan fingerprint density at radius 3 is 2.57 bits per heavy atom. The maximum absolute atomic E-state index is 12.5. The molecule has 0 aromatic rings. The molecule has 0 aromatic carbocycles. The van der Waals surface area contributed by atoms with Gasteiger partial charge in [-0.2, -0.15) is 0 Å². The van der Waals surface area contributed by atoms with Crippen molar-refractivity contribution in [1.29, 1.82) is 0 Å². The van der Waals surface area contributed by atoms with Crippen molar-refractivity contribution in [1.82, 2.24) is 0 Å². The molecule has 0 radical (unpaired) electrons. The van der Waals surface area contributed by atoms with Crippen molar-refractivity contribution in [3.8, 4) is 0 Å². The van der Waals surface area contributed by atoms with Gasteiger partial charge in [0.1, 0.15) is 5.78 Å². The van der Waals surface area contributed by atoms with Gasteiger partial charge in [-0.25, -0.2) is 0 Å². The molecule has 0 N–H and O–H groups in total. The third-order valence-corrected chi connectivity index (χ3v) is 8.12. The molecule has 0 saturated heterocycles. The highest BCUT2D eigenvalue weighted by atomic mass is 16.1. The van der Waals surface area contributed by atoms with E-state index in [9.17, 15) is 9.59 Å². The number of hydrogen-bond donors (Lipinski definition) is 0. The second-order valence-corrected chi connectivity index (χ2v) is 8.96. The van der Waals surface area contributed by atoms with Gasteiger partial charge in [-0.3, -0.25) is 9.59 Å². The first kappa shape index (κ1) is 15.4. The molecule has 0 spiro atoms. The van der Waals surface area contributed by atoms with E-state index in [1.54, 1.807) is 0 Å². The molecule has 4 aliphatic rings. The van der Waals surface area contributed by atoms with Crippen LogP contribution in [0.3, 0.4) is 0 Å². The first-order valence-electron chi connectivity index (χ1n) is 9.26. The molecule has 23 heavy (non-hydrogen) atoms. The van der Waals surface area contributed by atoms with E-state index in [2.05, 4.69) is 27.7 Å². The Balaban J connectivity index is 1.79. The third-order valence-electron chi connectivity index (χ3n) is 8.12. The van der Waals surface area contributed by atoms with E-state index in [0.29, 0.717) is 29.5 Å². The summed E-state index contributed by atoms with van der Waals surface area (Å²) in [7, 11) is 0. The first-order chi connectivity index (χ1) is 10.8. The molecule has 124 valence electrons. The second kappa shape index (κ2) is 4.68. The number of ketones is 2. The Morgan fingerprint density at radius 1 is 1.09 bits per heavy atom. The Bertz CT molecular complexity index is 655. The smallest absolute Gasteiger partial charge is 0.178 e. The van der Waals surface area contributed by atoms with Crippen molar-refractivity contribution in [2.24, 2.45) is 34.5 Å². The van der Waals surface area contributed by atoms with Crippen LogP contribution >= 0.6 is 0 Å². The molecule has 2 heteroatoms. The standard InChI is InChI=1S/C21H28O2/c1-12-9-15-16-5-6-19(23)20(16,3)8-7-17(15)21(4)13(2)10-14(22)11-18(12)21/h10-12,15-17H,5-9H2,1-4H3/t12-,15-,16-,17-,20-,21+/m0/s1. The van der Waals surface area contributed by atoms with E-state index in [1.807, 2.05) is 12.2 Å². The molecule has 0 aromatic heterocycles. The van der Waals surface area contributed by atoms with Crippen LogP contribution < -0.4 is 0 Å². The molecule has 4 aliphatic carbocycles. The van der Waals surface area contributed by atoms with Crippen molar-refractivity contribution in [3.05, 3.63) is 23.3 Å². The number of allylic oxidation sites excluding steroid dienone is 4. The highest BCUT2D eigenvalue weighted by Gasteiger charge is 2.60. The number of fused-ring (bicyclic) bond motifs is 5. The van der Waals surface area contributed by atoms with Crippen LogP contribution in [0.4, 0.5) is 0 Å². The van der Waals surface area contributed by atoms with E-state index in [4.69, 9.17) is 0 Å². The summed E-state index contributed by atoms with van der Waals surface area (Å²) in [4.78, 5) is 24.5. The minimum Gasteiger partial charge on any atom is -0.299 e. The average molecular weight is 312 g/mol. The molecule has 0 heterocycles. The molecule has 3 saturated carbocycles. The summed E-state index contributed by atoms with van der Waals surface area (Å²) in [5.41, 5.74) is 2.57. The van der Waals surface area contributed by atoms with Crippen molar-refractivity contribution in [2.45, 2.75) is 59.8 Å². The van der Waals surface area contributed by atoms with Crippen LogP contribution in [0.15, 0.2) is 23.3 Å². The van der Waals surface area contributed by atoms with Gasteiger partial charge in [-0.05, 0) is 68.4 Å². The molecule has 2 nitrogen and oxygen atoms in total. The normalized spacial score (nSPS) is 49.0. The van der Waals surface area contributed by atoms with Crippen molar-refractivity contribution in [3.63, 3.8) is 0 Å². The van der Waals surface area contributed by atoms with Crippen LogP contribution in [-0.4, -0.2) is 11.6 Å². The van der Waals surface area contributed by atoms with Gasteiger partial charge in [0.2, 0.25) is 0 Å². The molecule has 0 amide bonds. The predicted molar refractivity (Wildman–Crippen MR) is 90.8 cm³/mol. The predicted octanol–water partition coefficient (Wildman–Crippen LogP) is 4.50. The number of carbonyl (C=O) groups is 2. The van der Waals surface area contributed by atoms with Crippen LogP contribution in [0.5, 0.6) is 0 Å². The van der Waals surface area contributed by atoms with Gasteiger partial charge in [0.15, 0.2) is 5.78 Å². The van der Waals surface area contributed by atoms with Gasteiger partial charge in [-0.15, -0.1) is 0 Å². The van der Waals surface area contributed by atoms with E-state index < -0.39 is 0 Å². The van der Waals surface area contributed by atoms with Crippen molar-refractivity contribution < 1.29 is 9.59 Å². The molecule has 0 bridgehead atoms. The lowest BCUT2D eigenvalue weighted by Gasteiger charge is -2.58. The van der Waals surface area contributed by atoms with Gasteiger partial charge in [0.25, 0.3) is 0 Å². The fourth-order valence-corrected chi connectivity index (χ4v) is 6.74.